The number of ether oxygens (including phenoxy) is 1. The van der Waals surface area contributed by atoms with E-state index in [0.717, 1.165) is 5.56 Å². The summed E-state index contributed by atoms with van der Waals surface area (Å²) < 4.78 is 5.10. The molecule has 2 rings (SSSR count). The topological polar surface area (TPSA) is 78.5 Å². The minimum atomic E-state index is -1.23. The third kappa shape index (κ3) is 5.09. The standard InChI is InChI=1S/C21H25NO4/c1-21(2,3)16-9-5-15(6-10-16)20(25)22-18(13-19(23)24)14-7-11-17(26-4)12-8-14/h5-12,18H,13H2,1-4H3,(H,22,25)(H,23,24)/p-1/t18-/m1/s1. The van der Waals surface area contributed by atoms with E-state index in [9.17, 15) is 14.7 Å². The second kappa shape index (κ2) is 8.04. The number of amides is 1. The molecule has 0 fully saturated rings. The number of hydrogen-bond acceptors (Lipinski definition) is 4. The smallest absolute Gasteiger partial charge is 0.251 e. The fraction of sp³-hybridized carbons (Fsp3) is 0.333. The van der Waals surface area contributed by atoms with Crippen molar-refractivity contribution < 1.29 is 19.4 Å². The molecular weight excluding hydrogens is 330 g/mol. The number of nitrogens with one attached hydrogen (secondary N) is 1. The van der Waals surface area contributed by atoms with Crippen molar-refractivity contribution in [3.8, 4) is 5.75 Å². The van der Waals surface area contributed by atoms with E-state index in [-0.39, 0.29) is 17.7 Å². The molecule has 0 radical (unpaired) electrons. The van der Waals surface area contributed by atoms with Crippen LogP contribution in [-0.4, -0.2) is 19.0 Å². The van der Waals surface area contributed by atoms with Gasteiger partial charge < -0.3 is 20.0 Å². The summed E-state index contributed by atoms with van der Waals surface area (Å²) in [6.07, 6.45) is -0.307. The Labute approximate surface area is 154 Å². The molecule has 5 nitrogen and oxygen atoms in total. The van der Waals surface area contributed by atoms with Crippen LogP contribution in [0.4, 0.5) is 0 Å². The number of benzene rings is 2. The molecule has 2 aromatic carbocycles. The number of carboxylic acid groups (broad SMARTS) is 1. The molecule has 0 saturated heterocycles. The highest BCUT2D eigenvalue weighted by atomic mass is 16.5. The molecular formula is C21H24NO4-. The molecule has 0 heterocycles. The summed E-state index contributed by atoms with van der Waals surface area (Å²) in [5, 5.41) is 13.9. The van der Waals surface area contributed by atoms with Gasteiger partial charge in [0, 0.05) is 18.0 Å². The van der Waals surface area contributed by atoms with Crippen molar-refractivity contribution in [2.45, 2.75) is 38.6 Å². The maximum absolute atomic E-state index is 12.5. The van der Waals surface area contributed by atoms with Crippen LogP contribution in [0.3, 0.4) is 0 Å². The van der Waals surface area contributed by atoms with Crippen LogP contribution in [-0.2, 0) is 10.2 Å². The monoisotopic (exact) mass is 354 g/mol. The van der Waals surface area contributed by atoms with Gasteiger partial charge in [0.2, 0.25) is 0 Å². The Hall–Kier alpha value is -2.82. The summed E-state index contributed by atoms with van der Waals surface area (Å²) in [5.74, 6) is -0.897. The van der Waals surface area contributed by atoms with E-state index < -0.39 is 12.0 Å². The maximum atomic E-state index is 12.5. The number of carbonyl (C=O) groups excluding carboxylic acids is 2. The Kier molecular flexibility index (Phi) is 6.03. The van der Waals surface area contributed by atoms with Crippen LogP contribution >= 0.6 is 0 Å². The van der Waals surface area contributed by atoms with E-state index in [1.54, 1.807) is 43.5 Å². The van der Waals surface area contributed by atoms with Gasteiger partial charge in [-0.2, -0.15) is 0 Å². The Balaban J connectivity index is 2.18. The average Bonchev–Trinajstić information content (AvgIpc) is 2.60. The van der Waals surface area contributed by atoms with Gasteiger partial charge >= 0.3 is 0 Å². The van der Waals surface area contributed by atoms with Crippen molar-refractivity contribution in [2.75, 3.05) is 7.11 Å². The van der Waals surface area contributed by atoms with Crippen molar-refractivity contribution in [3.63, 3.8) is 0 Å². The van der Waals surface area contributed by atoms with Gasteiger partial charge in [0.1, 0.15) is 5.75 Å². The quantitative estimate of drug-likeness (QED) is 0.865. The van der Waals surface area contributed by atoms with Crippen LogP contribution in [0.15, 0.2) is 48.5 Å². The molecule has 26 heavy (non-hydrogen) atoms. The Bertz CT molecular complexity index is 758. The number of carbonyl (C=O) groups is 2. The fourth-order valence-electron chi connectivity index (χ4n) is 2.62. The first kappa shape index (κ1) is 19.5. The van der Waals surface area contributed by atoms with E-state index in [4.69, 9.17) is 4.74 Å². The van der Waals surface area contributed by atoms with E-state index in [0.29, 0.717) is 16.9 Å². The molecule has 1 atom stereocenters. The summed E-state index contributed by atoms with van der Waals surface area (Å²) in [7, 11) is 1.55. The normalized spacial score (nSPS) is 12.3. The Morgan fingerprint density at radius 2 is 1.62 bits per heavy atom. The summed E-state index contributed by atoms with van der Waals surface area (Å²) in [5.41, 5.74) is 2.27. The number of aliphatic carboxylic acids is 1. The molecule has 1 amide bonds. The third-order valence-corrected chi connectivity index (χ3v) is 4.21. The lowest BCUT2D eigenvalue weighted by atomic mass is 9.86. The molecule has 138 valence electrons. The van der Waals surface area contributed by atoms with Gasteiger partial charge in [-0.15, -0.1) is 0 Å². The first-order valence-corrected chi connectivity index (χ1v) is 8.46. The van der Waals surface area contributed by atoms with E-state index in [2.05, 4.69) is 26.1 Å². The third-order valence-electron chi connectivity index (χ3n) is 4.21. The highest BCUT2D eigenvalue weighted by Crippen LogP contribution is 2.23. The molecule has 0 aromatic heterocycles. The lowest BCUT2D eigenvalue weighted by molar-refractivity contribution is -0.306. The number of methoxy groups -OCH3 is 1. The van der Waals surface area contributed by atoms with Crippen LogP contribution < -0.4 is 15.2 Å². The van der Waals surface area contributed by atoms with Crippen molar-refractivity contribution in [1.82, 2.24) is 5.32 Å². The highest BCUT2D eigenvalue weighted by Gasteiger charge is 2.18. The van der Waals surface area contributed by atoms with E-state index >= 15 is 0 Å². The summed E-state index contributed by atoms with van der Waals surface area (Å²) in [6.45, 7) is 6.30. The predicted molar refractivity (Wildman–Crippen MR) is 98.0 cm³/mol. The van der Waals surface area contributed by atoms with Gasteiger partial charge in [-0.3, -0.25) is 4.79 Å². The molecule has 0 unspecified atom stereocenters. The van der Waals surface area contributed by atoms with Gasteiger partial charge in [-0.1, -0.05) is 45.0 Å². The molecule has 0 spiro atoms. The fourth-order valence-corrected chi connectivity index (χ4v) is 2.62. The Morgan fingerprint density at radius 3 is 2.08 bits per heavy atom. The minimum absolute atomic E-state index is 0.00435. The zero-order chi connectivity index (χ0) is 19.3. The molecule has 2 aromatic rings. The molecule has 1 N–H and O–H groups in total. The van der Waals surface area contributed by atoms with Gasteiger partial charge in [-0.25, -0.2) is 0 Å². The van der Waals surface area contributed by atoms with Crippen LogP contribution in [0.5, 0.6) is 5.75 Å². The van der Waals surface area contributed by atoms with Crippen molar-refractivity contribution in [3.05, 3.63) is 65.2 Å². The van der Waals surface area contributed by atoms with Gasteiger partial charge in [-0.05, 0) is 40.8 Å². The highest BCUT2D eigenvalue weighted by molar-refractivity contribution is 5.94. The summed E-state index contributed by atoms with van der Waals surface area (Å²) in [6, 6.07) is 13.6. The first-order valence-electron chi connectivity index (χ1n) is 8.46. The van der Waals surface area contributed by atoms with Crippen LogP contribution in [0.1, 0.15) is 54.7 Å². The minimum Gasteiger partial charge on any atom is -0.550 e. The zero-order valence-electron chi connectivity index (χ0n) is 15.5. The van der Waals surface area contributed by atoms with Crippen LogP contribution in [0.2, 0.25) is 0 Å². The first-order chi connectivity index (χ1) is 12.2. The van der Waals surface area contributed by atoms with Crippen molar-refractivity contribution in [1.29, 1.82) is 0 Å². The number of carboxylic acids is 1. The maximum Gasteiger partial charge on any atom is 0.251 e. The van der Waals surface area contributed by atoms with Gasteiger partial charge in [0.15, 0.2) is 0 Å². The largest absolute Gasteiger partial charge is 0.550 e. The molecule has 0 aliphatic rings. The van der Waals surface area contributed by atoms with Gasteiger partial charge in [0.05, 0.1) is 13.2 Å². The average molecular weight is 354 g/mol. The van der Waals surface area contributed by atoms with E-state index in [1.807, 2.05) is 12.1 Å². The van der Waals surface area contributed by atoms with Crippen LogP contribution in [0.25, 0.3) is 0 Å². The van der Waals surface area contributed by atoms with Gasteiger partial charge in [0.25, 0.3) is 5.91 Å². The lowest BCUT2D eigenvalue weighted by Gasteiger charge is -2.21. The molecule has 0 aliphatic heterocycles. The number of hydrogen-bond donors (Lipinski definition) is 1. The van der Waals surface area contributed by atoms with E-state index in [1.165, 1.54) is 0 Å². The summed E-state index contributed by atoms with van der Waals surface area (Å²) >= 11 is 0. The molecule has 5 heteroatoms. The molecule has 0 bridgehead atoms. The molecule has 0 aliphatic carbocycles. The van der Waals surface area contributed by atoms with Crippen molar-refractivity contribution >= 4 is 11.9 Å². The lowest BCUT2D eigenvalue weighted by Crippen LogP contribution is -2.34. The second-order valence-corrected chi connectivity index (χ2v) is 7.20. The zero-order valence-corrected chi connectivity index (χ0v) is 15.5. The predicted octanol–water partition coefficient (Wildman–Crippen LogP) is 2.60. The number of rotatable bonds is 6. The second-order valence-electron chi connectivity index (χ2n) is 7.20. The van der Waals surface area contributed by atoms with Crippen molar-refractivity contribution in [2.24, 2.45) is 0 Å². The molecule has 0 saturated carbocycles. The SMILES string of the molecule is COc1ccc([C@@H](CC(=O)[O-])NC(=O)c2ccc(C(C)(C)C)cc2)cc1. The summed E-state index contributed by atoms with van der Waals surface area (Å²) in [4.78, 5) is 23.6. The van der Waals surface area contributed by atoms with Crippen LogP contribution in [0, 0.1) is 0 Å². The Morgan fingerprint density at radius 1 is 1.04 bits per heavy atom.